The summed E-state index contributed by atoms with van der Waals surface area (Å²) in [4.78, 5) is 1.80. The molecule has 1 aliphatic rings. The molecule has 2 nitrogen and oxygen atoms in total. The minimum Gasteiger partial charge on any atom is -0.396 e. The van der Waals surface area contributed by atoms with Crippen molar-refractivity contribution in [3.05, 3.63) is 71.8 Å². The van der Waals surface area contributed by atoms with Gasteiger partial charge in [0.2, 0.25) is 0 Å². The van der Waals surface area contributed by atoms with Crippen molar-refractivity contribution in [3.63, 3.8) is 0 Å². The van der Waals surface area contributed by atoms with Gasteiger partial charge in [0.1, 0.15) is 0 Å². The van der Waals surface area contributed by atoms with Crippen LogP contribution in [0, 0.1) is 5.92 Å². The van der Waals surface area contributed by atoms with E-state index in [2.05, 4.69) is 0 Å². The van der Waals surface area contributed by atoms with Crippen molar-refractivity contribution in [2.75, 3.05) is 13.2 Å². The van der Waals surface area contributed by atoms with E-state index < -0.39 is 11.8 Å². The van der Waals surface area contributed by atoms with Crippen molar-refractivity contribution >= 4 is 0 Å². The largest absolute Gasteiger partial charge is 0.396 e. The average molecular weight is 317 g/mol. The minimum absolute atomic E-state index is 0.193. The normalized spacial score (nSPS) is 24.5. The van der Waals surface area contributed by atoms with Crippen molar-refractivity contribution < 1.29 is 13.9 Å². The van der Waals surface area contributed by atoms with Gasteiger partial charge in [0.25, 0.3) is 5.92 Å². The van der Waals surface area contributed by atoms with Gasteiger partial charge in [0.15, 0.2) is 0 Å². The molecule has 0 aliphatic carbocycles. The topological polar surface area (TPSA) is 23.5 Å². The maximum absolute atomic E-state index is 14.1. The Bertz CT molecular complexity index is 618. The summed E-state index contributed by atoms with van der Waals surface area (Å²) in [6, 6.07) is 19.1. The zero-order valence-corrected chi connectivity index (χ0v) is 12.9. The van der Waals surface area contributed by atoms with E-state index in [4.69, 9.17) is 0 Å². The van der Waals surface area contributed by atoms with Gasteiger partial charge in [-0.05, 0) is 11.1 Å². The van der Waals surface area contributed by atoms with Crippen molar-refractivity contribution in [3.8, 4) is 0 Å². The summed E-state index contributed by atoms with van der Waals surface area (Å²) >= 11 is 0. The number of benzene rings is 2. The molecule has 122 valence electrons. The van der Waals surface area contributed by atoms with Gasteiger partial charge in [-0.2, -0.15) is 0 Å². The number of alkyl halides is 2. The zero-order chi connectivity index (χ0) is 16.3. The summed E-state index contributed by atoms with van der Waals surface area (Å²) < 4.78 is 28.3. The fraction of sp³-hybridized carbons (Fsp3) is 0.368. The van der Waals surface area contributed by atoms with Crippen LogP contribution in [0.15, 0.2) is 60.7 Å². The molecule has 0 amide bonds. The molecule has 2 aromatic carbocycles. The quantitative estimate of drug-likeness (QED) is 0.925. The molecule has 0 unspecified atom stereocenters. The number of aliphatic hydroxyl groups excluding tert-OH is 1. The van der Waals surface area contributed by atoms with Crippen LogP contribution in [0.25, 0.3) is 0 Å². The minimum atomic E-state index is -2.77. The van der Waals surface area contributed by atoms with E-state index >= 15 is 0 Å². The second-order valence-corrected chi connectivity index (χ2v) is 6.25. The summed E-state index contributed by atoms with van der Waals surface area (Å²) in [5.74, 6) is -3.24. The molecule has 2 atom stereocenters. The molecule has 1 fully saturated rings. The van der Waals surface area contributed by atoms with E-state index in [9.17, 15) is 13.9 Å². The number of likely N-dealkylation sites (tertiary alicyclic amines) is 1. The second kappa shape index (κ2) is 6.77. The van der Waals surface area contributed by atoms with Crippen LogP contribution in [0.2, 0.25) is 0 Å². The Morgan fingerprint density at radius 2 is 1.61 bits per heavy atom. The monoisotopic (exact) mass is 317 g/mol. The molecule has 1 N–H and O–H groups in total. The molecular weight excluding hydrogens is 296 g/mol. The summed E-state index contributed by atoms with van der Waals surface area (Å²) in [5, 5.41) is 9.68. The fourth-order valence-electron chi connectivity index (χ4n) is 3.52. The Morgan fingerprint density at radius 3 is 2.22 bits per heavy atom. The summed E-state index contributed by atoms with van der Waals surface area (Å²) in [6.07, 6.45) is -0.269. The highest BCUT2D eigenvalue weighted by molar-refractivity contribution is 5.22. The van der Waals surface area contributed by atoms with Crippen LogP contribution < -0.4 is 0 Å². The summed E-state index contributed by atoms with van der Waals surface area (Å²) in [5.41, 5.74) is 1.99. The van der Waals surface area contributed by atoms with E-state index in [0.717, 1.165) is 11.1 Å². The van der Waals surface area contributed by atoms with Gasteiger partial charge < -0.3 is 5.11 Å². The van der Waals surface area contributed by atoms with E-state index in [1.807, 2.05) is 60.7 Å². The van der Waals surface area contributed by atoms with E-state index in [1.165, 1.54) is 0 Å². The van der Waals surface area contributed by atoms with Crippen LogP contribution in [0.3, 0.4) is 0 Å². The third kappa shape index (κ3) is 3.77. The number of rotatable bonds is 4. The van der Waals surface area contributed by atoms with Gasteiger partial charge in [0.05, 0.1) is 6.54 Å². The second-order valence-electron chi connectivity index (χ2n) is 6.25. The van der Waals surface area contributed by atoms with Gasteiger partial charge >= 0.3 is 0 Å². The third-order valence-corrected chi connectivity index (χ3v) is 4.44. The van der Waals surface area contributed by atoms with Crippen molar-refractivity contribution in [2.45, 2.75) is 24.9 Å². The first-order valence-electron chi connectivity index (χ1n) is 7.91. The first-order chi connectivity index (χ1) is 11.1. The molecule has 4 heteroatoms. The SMILES string of the molecule is OC[C@H]1CC(F)(F)CN(Cc2ccccc2)[C@@H]1c1ccccc1. The summed E-state index contributed by atoms with van der Waals surface area (Å²) in [6.45, 7) is -0.0646. The van der Waals surface area contributed by atoms with E-state index in [0.29, 0.717) is 6.54 Å². The molecule has 1 heterocycles. The number of nitrogens with zero attached hydrogens (tertiary/aromatic N) is 1. The molecule has 23 heavy (non-hydrogen) atoms. The Morgan fingerprint density at radius 1 is 1.00 bits per heavy atom. The number of hydrogen-bond donors (Lipinski definition) is 1. The molecule has 2 aromatic rings. The molecule has 1 saturated heterocycles. The van der Waals surface area contributed by atoms with Gasteiger partial charge in [-0.3, -0.25) is 4.90 Å². The highest BCUT2D eigenvalue weighted by Crippen LogP contribution is 2.42. The third-order valence-electron chi connectivity index (χ3n) is 4.44. The Kier molecular flexibility index (Phi) is 4.74. The van der Waals surface area contributed by atoms with Gasteiger partial charge in [-0.1, -0.05) is 60.7 Å². The van der Waals surface area contributed by atoms with E-state index in [-0.39, 0.29) is 25.6 Å². The van der Waals surface area contributed by atoms with Crippen LogP contribution in [0.5, 0.6) is 0 Å². The first kappa shape index (κ1) is 16.1. The lowest BCUT2D eigenvalue weighted by Crippen LogP contribution is -2.49. The van der Waals surface area contributed by atoms with Crippen LogP contribution >= 0.6 is 0 Å². The van der Waals surface area contributed by atoms with Crippen LogP contribution in [0.4, 0.5) is 8.78 Å². The summed E-state index contributed by atoms with van der Waals surface area (Å²) in [7, 11) is 0. The van der Waals surface area contributed by atoms with Gasteiger partial charge in [-0.25, -0.2) is 8.78 Å². The number of halogens is 2. The van der Waals surface area contributed by atoms with Crippen LogP contribution in [0.1, 0.15) is 23.6 Å². The molecule has 0 spiro atoms. The van der Waals surface area contributed by atoms with Crippen molar-refractivity contribution in [1.82, 2.24) is 4.90 Å². The molecular formula is C19H21F2NO. The molecule has 0 saturated carbocycles. The maximum atomic E-state index is 14.1. The predicted octanol–water partition coefficient (Wildman–Crippen LogP) is 3.88. The van der Waals surface area contributed by atoms with E-state index in [1.54, 1.807) is 4.90 Å². The van der Waals surface area contributed by atoms with Crippen LogP contribution in [-0.4, -0.2) is 29.1 Å². The van der Waals surface area contributed by atoms with Crippen LogP contribution in [-0.2, 0) is 6.54 Å². The van der Waals surface area contributed by atoms with Gasteiger partial charge in [-0.15, -0.1) is 0 Å². The molecule has 3 rings (SSSR count). The maximum Gasteiger partial charge on any atom is 0.261 e. The highest BCUT2D eigenvalue weighted by atomic mass is 19.3. The Balaban J connectivity index is 1.93. The number of piperidine rings is 1. The average Bonchev–Trinajstić information content (AvgIpc) is 2.55. The first-order valence-corrected chi connectivity index (χ1v) is 7.91. The predicted molar refractivity (Wildman–Crippen MR) is 86.2 cm³/mol. The molecule has 0 aromatic heterocycles. The molecule has 0 bridgehead atoms. The number of hydrogen-bond acceptors (Lipinski definition) is 2. The Labute approximate surface area is 135 Å². The van der Waals surface area contributed by atoms with Gasteiger partial charge in [0, 0.05) is 31.5 Å². The lowest BCUT2D eigenvalue weighted by molar-refractivity contribution is -0.120. The molecule has 1 aliphatic heterocycles. The number of aliphatic hydroxyl groups is 1. The smallest absolute Gasteiger partial charge is 0.261 e. The Hall–Kier alpha value is -1.78. The fourth-order valence-corrected chi connectivity index (χ4v) is 3.52. The highest BCUT2D eigenvalue weighted by Gasteiger charge is 2.45. The lowest BCUT2D eigenvalue weighted by atomic mass is 9.83. The molecule has 0 radical (unpaired) electrons. The van der Waals surface area contributed by atoms with Crippen molar-refractivity contribution in [1.29, 1.82) is 0 Å². The standard InChI is InChI=1S/C19H21F2NO/c20-19(21)11-17(13-23)18(16-9-5-2-6-10-16)22(14-19)12-15-7-3-1-4-8-15/h1-10,17-18,23H,11-14H2/t17-,18-/m1/s1. The zero-order valence-electron chi connectivity index (χ0n) is 12.9. The lowest BCUT2D eigenvalue weighted by Gasteiger charge is -2.44. The van der Waals surface area contributed by atoms with Crippen molar-refractivity contribution in [2.24, 2.45) is 5.92 Å².